The van der Waals surface area contributed by atoms with Crippen LogP contribution in [0.2, 0.25) is 0 Å². The van der Waals surface area contributed by atoms with Gasteiger partial charge in [-0.05, 0) is 18.8 Å². The smallest absolute Gasteiger partial charge is 0.245 e. The van der Waals surface area contributed by atoms with Crippen molar-refractivity contribution in [2.24, 2.45) is 5.92 Å². The first-order valence-electron chi connectivity index (χ1n) is 4.75. The summed E-state index contributed by atoms with van der Waals surface area (Å²) < 4.78 is 31.1. The highest BCUT2D eigenvalue weighted by Crippen LogP contribution is 2.31. The maximum Gasteiger partial charge on any atom is 0.400 e. The van der Waals surface area contributed by atoms with Gasteiger partial charge in [0.1, 0.15) is 6.10 Å². The van der Waals surface area contributed by atoms with Crippen LogP contribution in [-0.4, -0.2) is 21.1 Å². The molecule has 2 aliphatic rings. The molecule has 1 saturated heterocycles. The summed E-state index contributed by atoms with van der Waals surface area (Å²) in [7, 11) is -3.64. The van der Waals surface area contributed by atoms with E-state index < -0.39 is 10.4 Å². The van der Waals surface area contributed by atoms with E-state index >= 15 is 0 Å². The Hall–Kier alpha value is -0.130. The van der Waals surface area contributed by atoms with Gasteiger partial charge in [-0.2, -0.15) is 8.42 Å². The van der Waals surface area contributed by atoms with Crippen molar-refractivity contribution in [1.29, 1.82) is 0 Å². The SMILES string of the molecule is O=S1(=O)OC[C@@H](C2CCCCC2)O1. The summed E-state index contributed by atoms with van der Waals surface area (Å²) in [5, 5.41) is 0. The van der Waals surface area contributed by atoms with Crippen LogP contribution in [0.15, 0.2) is 0 Å². The maximum absolute atomic E-state index is 10.8. The first-order valence-corrected chi connectivity index (χ1v) is 6.08. The second kappa shape index (κ2) is 3.55. The highest BCUT2D eigenvalue weighted by atomic mass is 32.3. The highest BCUT2D eigenvalue weighted by molar-refractivity contribution is 7.82. The molecule has 0 radical (unpaired) electrons. The lowest BCUT2D eigenvalue weighted by Crippen LogP contribution is -2.25. The van der Waals surface area contributed by atoms with Gasteiger partial charge in [-0.1, -0.05) is 19.3 Å². The van der Waals surface area contributed by atoms with Crippen molar-refractivity contribution in [2.75, 3.05) is 6.61 Å². The summed E-state index contributed by atoms with van der Waals surface area (Å²) >= 11 is 0. The van der Waals surface area contributed by atoms with Crippen LogP contribution < -0.4 is 0 Å². The van der Waals surface area contributed by atoms with E-state index in [1.54, 1.807) is 0 Å². The first kappa shape index (κ1) is 9.43. The molecule has 1 heterocycles. The normalized spacial score (nSPS) is 34.9. The highest BCUT2D eigenvalue weighted by Gasteiger charge is 2.36. The van der Waals surface area contributed by atoms with Crippen LogP contribution in [0, 0.1) is 5.92 Å². The fourth-order valence-corrected chi connectivity index (χ4v) is 2.95. The van der Waals surface area contributed by atoms with E-state index in [1.165, 1.54) is 19.3 Å². The van der Waals surface area contributed by atoms with Gasteiger partial charge in [0.2, 0.25) is 0 Å². The molecule has 4 nitrogen and oxygen atoms in total. The van der Waals surface area contributed by atoms with Crippen molar-refractivity contribution < 1.29 is 16.8 Å². The second-order valence-electron chi connectivity index (χ2n) is 3.73. The summed E-state index contributed by atoms with van der Waals surface area (Å²) in [4.78, 5) is 0. The van der Waals surface area contributed by atoms with Gasteiger partial charge in [-0.3, -0.25) is 0 Å². The van der Waals surface area contributed by atoms with E-state index in [-0.39, 0.29) is 12.7 Å². The topological polar surface area (TPSA) is 52.6 Å². The average Bonchev–Trinajstić information content (AvgIpc) is 2.48. The standard InChI is InChI=1S/C8H14O4S/c9-13(10)11-6-8(12-13)7-4-2-1-3-5-7/h7-8H,1-6H2/t8-/m0/s1. The molecule has 1 saturated carbocycles. The number of rotatable bonds is 1. The Balaban J connectivity index is 1.95. The zero-order valence-corrected chi connectivity index (χ0v) is 8.26. The summed E-state index contributed by atoms with van der Waals surface area (Å²) in [5.74, 6) is 0.381. The molecular weight excluding hydrogens is 192 g/mol. The predicted molar refractivity (Wildman–Crippen MR) is 46.3 cm³/mol. The number of hydrogen-bond donors (Lipinski definition) is 0. The van der Waals surface area contributed by atoms with E-state index in [4.69, 9.17) is 4.18 Å². The van der Waals surface area contributed by atoms with Gasteiger partial charge in [0.25, 0.3) is 0 Å². The van der Waals surface area contributed by atoms with Crippen LogP contribution in [0.5, 0.6) is 0 Å². The maximum atomic E-state index is 10.8. The fraction of sp³-hybridized carbons (Fsp3) is 1.00. The van der Waals surface area contributed by atoms with Crippen LogP contribution in [-0.2, 0) is 18.8 Å². The van der Waals surface area contributed by atoms with Gasteiger partial charge in [0.05, 0.1) is 6.61 Å². The van der Waals surface area contributed by atoms with Gasteiger partial charge in [0, 0.05) is 0 Å². The summed E-state index contributed by atoms with van der Waals surface area (Å²) in [6.07, 6.45) is 5.56. The molecule has 0 bridgehead atoms. The molecule has 1 aliphatic heterocycles. The van der Waals surface area contributed by atoms with Crippen molar-refractivity contribution in [3.63, 3.8) is 0 Å². The van der Waals surface area contributed by atoms with Crippen molar-refractivity contribution in [3.05, 3.63) is 0 Å². The molecule has 1 atom stereocenters. The zero-order valence-electron chi connectivity index (χ0n) is 7.44. The Morgan fingerprint density at radius 3 is 2.31 bits per heavy atom. The van der Waals surface area contributed by atoms with Crippen LogP contribution >= 0.6 is 0 Å². The summed E-state index contributed by atoms with van der Waals surface area (Å²) in [6, 6.07) is 0. The second-order valence-corrected chi connectivity index (χ2v) is 4.97. The van der Waals surface area contributed by atoms with E-state index in [9.17, 15) is 8.42 Å². The Morgan fingerprint density at radius 1 is 1.08 bits per heavy atom. The molecule has 0 amide bonds. The van der Waals surface area contributed by atoms with Crippen molar-refractivity contribution >= 4 is 10.4 Å². The predicted octanol–water partition coefficient (Wildman–Crippen LogP) is 1.23. The molecule has 76 valence electrons. The van der Waals surface area contributed by atoms with Crippen LogP contribution in [0.4, 0.5) is 0 Å². The minimum atomic E-state index is -3.64. The molecule has 0 aromatic heterocycles. The molecule has 0 aromatic rings. The van der Waals surface area contributed by atoms with E-state index in [2.05, 4.69) is 4.18 Å². The molecule has 2 rings (SSSR count). The minimum absolute atomic E-state index is 0.215. The van der Waals surface area contributed by atoms with Gasteiger partial charge in [-0.15, -0.1) is 0 Å². The monoisotopic (exact) mass is 206 g/mol. The zero-order chi connectivity index (χ0) is 9.31. The molecular formula is C8H14O4S. The van der Waals surface area contributed by atoms with E-state index in [0.717, 1.165) is 12.8 Å². The quantitative estimate of drug-likeness (QED) is 0.647. The number of hydrogen-bond acceptors (Lipinski definition) is 4. The van der Waals surface area contributed by atoms with Crippen molar-refractivity contribution in [1.82, 2.24) is 0 Å². The molecule has 13 heavy (non-hydrogen) atoms. The fourth-order valence-electron chi connectivity index (χ4n) is 2.08. The van der Waals surface area contributed by atoms with Crippen LogP contribution in [0.3, 0.4) is 0 Å². The van der Waals surface area contributed by atoms with Gasteiger partial charge >= 0.3 is 10.4 Å². The third kappa shape index (κ3) is 2.21. The Kier molecular flexibility index (Phi) is 2.58. The van der Waals surface area contributed by atoms with Crippen LogP contribution in [0.25, 0.3) is 0 Å². The average molecular weight is 206 g/mol. The molecule has 0 unspecified atom stereocenters. The summed E-state index contributed by atoms with van der Waals surface area (Å²) in [5.41, 5.74) is 0. The molecule has 2 fully saturated rings. The third-order valence-electron chi connectivity index (χ3n) is 2.79. The third-order valence-corrected chi connectivity index (χ3v) is 3.70. The lowest BCUT2D eigenvalue weighted by atomic mass is 9.85. The first-order chi connectivity index (χ1) is 6.17. The Morgan fingerprint density at radius 2 is 1.77 bits per heavy atom. The Labute approximate surface area is 78.6 Å². The van der Waals surface area contributed by atoms with Crippen LogP contribution in [0.1, 0.15) is 32.1 Å². The molecule has 0 spiro atoms. The molecule has 0 aromatic carbocycles. The van der Waals surface area contributed by atoms with Gasteiger partial charge in [0.15, 0.2) is 0 Å². The van der Waals surface area contributed by atoms with E-state index in [1.807, 2.05) is 0 Å². The summed E-state index contributed by atoms with van der Waals surface area (Å²) in [6.45, 7) is 0.215. The van der Waals surface area contributed by atoms with Crippen molar-refractivity contribution in [3.8, 4) is 0 Å². The largest absolute Gasteiger partial charge is 0.400 e. The lowest BCUT2D eigenvalue weighted by Gasteiger charge is -2.24. The molecule has 5 heteroatoms. The van der Waals surface area contributed by atoms with Gasteiger partial charge in [-0.25, -0.2) is 8.37 Å². The molecule has 0 N–H and O–H groups in total. The lowest BCUT2D eigenvalue weighted by molar-refractivity contribution is 0.129. The minimum Gasteiger partial charge on any atom is -0.245 e. The van der Waals surface area contributed by atoms with Crippen molar-refractivity contribution in [2.45, 2.75) is 38.2 Å². The Bertz CT molecular complexity index is 266. The van der Waals surface area contributed by atoms with Gasteiger partial charge < -0.3 is 0 Å². The van der Waals surface area contributed by atoms with E-state index in [0.29, 0.717) is 5.92 Å². The molecule has 1 aliphatic carbocycles.